The van der Waals surface area contributed by atoms with Gasteiger partial charge >= 0.3 is 0 Å². The smallest absolute Gasteiger partial charge is 0.184 e. The topological polar surface area (TPSA) is 85.6 Å². The highest BCUT2D eigenvalue weighted by molar-refractivity contribution is 6.31. The predicted molar refractivity (Wildman–Crippen MR) is 115 cm³/mol. The molecule has 1 saturated carbocycles. The Morgan fingerprint density at radius 2 is 1.90 bits per heavy atom. The van der Waals surface area contributed by atoms with Gasteiger partial charge in [-0.3, -0.25) is 4.79 Å². The fourth-order valence-corrected chi connectivity index (χ4v) is 3.50. The third-order valence-electron chi connectivity index (χ3n) is 5.15. The van der Waals surface area contributed by atoms with Crippen LogP contribution in [-0.2, 0) is 6.54 Å². The van der Waals surface area contributed by atoms with Crippen molar-refractivity contribution in [3.63, 3.8) is 0 Å². The van der Waals surface area contributed by atoms with E-state index in [0.29, 0.717) is 40.0 Å². The van der Waals surface area contributed by atoms with E-state index in [1.54, 1.807) is 23.7 Å². The fourth-order valence-electron chi connectivity index (χ4n) is 3.30. The lowest BCUT2D eigenvalue weighted by Gasteiger charge is -2.09. The maximum atomic E-state index is 11.5. The van der Waals surface area contributed by atoms with Crippen LogP contribution >= 0.6 is 11.6 Å². The number of hydrogen-bond donors (Lipinski definition) is 1. The molecule has 0 spiro atoms. The van der Waals surface area contributed by atoms with Crippen molar-refractivity contribution in [2.24, 2.45) is 0 Å². The van der Waals surface area contributed by atoms with Gasteiger partial charge in [0.25, 0.3) is 0 Å². The van der Waals surface area contributed by atoms with Crippen LogP contribution in [0.15, 0.2) is 48.5 Å². The second-order valence-electron chi connectivity index (χ2n) is 7.47. The van der Waals surface area contributed by atoms with Crippen LogP contribution in [0.2, 0.25) is 5.02 Å². The molecule has 0 unspecified atom stereocenters. The van der Waals surface area contributed by atoms with E-state index in [1.165, 1.54) is 0 Å². The predicted octanol–water partition coefficient (Wildman–Crippen LogP) is 4.75. The van der Waals surface area contributed by atoms with Gasteiger partial charge in [-0.2, -0.15) is 0 Å². The molecule has 2 aromatic carbocycles. The molecule has 8 heteroatoms. The summed E-state index contributed by atoms with van der Waals surface area (Å²) in [5.41, 5.74) is 3.71. The number of Topliss-reactive ketones (excluding diaryl/α,β-unsaturated/α-hetero) is 1. The van der Waals surface area contributed by atoms with E-state index >= 15 is 0 Å². The van der Waals surface area contributed by atoms with Gasteiger partial charge in [0, 0.05) is 22.2 Å². The van der Waals surface area contributed by atoms with E-state index in [1.807, 2.05) is 36.4 Å². The van der Waals surface area contributed by atoms with Crippen LogP contribution < -0.4 is 5.32 Å². The molecule has 1 aliphatic rings. The quantitative estimate of drug-likeness (QED) is 0.455. The van der Waals surface area contributed by atoms with Crippen LogP contribution in [0.25, 0.3) is 11.2 Å². The zero-order valence-electron chi connectivity index (χ0n) is 16.3. The maximum Gasteiger partial charge on any atom is 0.184 e. The van der Waals surface area contributed by atoms with Gasteiger partial charge in [-0.15, -0.1) is 5.10 Å². The van der Waals surface area contributed by atoms with E-state index in [0.717, 1.165) is 29.9 Å². The van der Waals surface area contributed by atoms with Crippen LogP contribution in [0, 0.1) is 0 Å². The minimum Gasteiger partial charge on any atom is -0.338 e. The van der Waals surface area contributed by atoms with E-state index in [9.17, 15) is 4.79 Å². The second-order valence-corrected chi connectivity index (χ2v) is 7.88. The number of nitrogens with zero attached hydrogens (tertiary/aromatic N) is 5. The summed E-state index contributed by atoms with van der Waals surface area (Å²) in [6.45, 7) is 2.03. The van der Waals surface area contributed by atoms with Gasteiger partial charge < -0.3 is 5.32 Å². The Kier molecular flexibility index (Phi) is 4.67. The summed E-state index contributed by atoms with van der Waals surface area (Å²) < 4.78 is 1.76. The van der Waals surface area contributed by atoms with Crippen LogP contribution in [0.1, 0.15) is 47.4 Å². The van der Waals surface area contributed by atoms with E-state index in [2.05, 4.69) is 15.6 Å². The molecule has 150 valence electrons. The number of benzene rings is 2. The zero-order chi connectivity index (χ0) is 20.7. The van der Waals surface area contributed by atoms with Gasteiger partial charge in [0.15, 0.2) is 22.8 Å². The highest BCUT2D eigenvalue weighted by atomic mass is 35.5. The SMILES string of the molecule is CC(=O)c1ccc(Nc2nc(C3CC3)nc3c2nnn3Cc2ccccc2Cl)cc1. The first-order valence-corrected chi connectivity index (χ1v) is 10.2. The molecule has 2 heterocycles. The minimum atomic E-state index is 0.0320. The van der Waals surface area contributed by atoms with Crippen molar-refractivity contribution in [2.75, 3.05) is 5.32 Å². The van der Waals surface area contributed by atoms with Gasteiger partial charge in [-0.1, -0.05) is 35.0 Å². The molecule has 30 heavy (non-hydrogen) atoms. The van der Waals surface area contributed by atoms with E-state index in [-0.39, 0.29) is 5.78 Å². The maximum absolute atomic E-state index is 11.5. The molecule has 0 atom stereocenters. The van der Waals surface area contributed by atoms with Gasteiger partial charge in [0.2, 0.25) is 0 Å². The molecule has 7 nitrogen and oxygen atoms in total. The Morgan fingerprint density at radius 1 is 1.13 bits per heavy atom. The molecule has 5 rings (SSSR count). The number of halogens is 1. The summed E-state index contributed by atoms with van der Waals surface area (Å²) in [6, 6.07) is 15.0. The average Bonchev–Trinajstić information content (AvgIpc) is 3.52. The largest absolute Gasteiger partial charge is 0.338 e. The Morgan fingerprint density at radius 3 is 2.60 bits per heavy atom. The van der Waals surface area contributed by atoms with E-state index < -0.39 is 0 Å². The van der Waals surface area contributed by atoms with Crippen molar-refractivity contribution >= 4 is 40.1 Å². The molecule has 1 fully saturated rings. The standard InChI is InChI=1S/C22H19ClN6O/c1-13(30)14-8-10-17(11-9-14)24-21-19-22(26-20(25-21)15-6-7-15)29(28-27-19)12-16-4-2-3-5-18(16)23/h2-5,8-11,15H,6-7,12H2,1H3,(H,24,25,26). The zero-order valence-corrected chi connectivity index (χ0v) is 17.1. The number of fused-ring (bicyclic) bond motifs is 1. The van der Waals surface area contributed by atoms with Gasteiger partial charge in [0.05, 0.1) is 6.54 Å². The number of rotatable bonds is 6. The summed E-state index contributed by atoms with van der Waals surface area (Å²) in [5, 5.41) is 12.7. The number of carbonyl (C=O) groups excluding carboxylic acids is 1. The van der Waals surface area contributed by atoms with Crippen LogP contribution in [0.5, 0.6) is 0 Å². The average molecular weight is 419 g/mol. The molecule has 1 N–H and O–H groups in total. The van der Waals surface area contributed by atoms with Crippen molar-refractivity contribution in [3.05, 3.63) is 70.5 Å². The summed E-state index contributed by atoms with van der Waals surface area (Å²) in [5.74, 6) is 1.82. The Hall–Kier alpha value is -3.32. The van der Waals surface area contributed by atoms with Gasteiger partial charge in [-0.05, 0) is 55.7 Å². The lowest BCUT2D eigenvalue weighted by molar-refractivity contribution is 0.101. The highest BCUT2D eigenvalue weighted by Crippen LogP contribution is 2.39. The van der Waals surface area contributed by atoms with Crippen molar-refractivity contribution in [1.29, 1.82) is 0 Å². The summed E-state index contributed by atoms with van der Waals surface area (Å²) in [7, 11) is 0. The Bertz CT molecular complexity index is 1250. The molecule has 0 bridgehead atoms. The first-order valence-electron chi connectivity index (χ1n) is 9.81. The van der Waals surface area contributed by atoms with Crippen molar-refractivity contribution in [1.82, 2.24) is 25.0 Å². The van der Waals surface area contributed by atoms with Gasteiger partial charge in [-0.25, -0.2) is 14.6 Å². The Labute approximate surface area is 178 Å². The minimum absolute atomic E-state index is 0.0320. The molecule has 0 radical (unpaired) electrons. The number of aromatic nitrogens is 5. The molecule has 0 aliphatic heterocycles. The summed E-state index contributed by atoms with van der Waals surface area (Å²) in [6.07, 6.45) is 2.18. The lowest BCUT2D eigenvalue weighted by Crippen LogP contribution is -2.06. The van der Waals surface area contributed by atoms with Crippen LogP contribution in [-0.4, -0.2) is 30.7 Å². The number of carbonyl (C=O) groups is 1. The summed E-state index contributed by atoms with van der Waals surface area (Å²) in [4.78, 5) is 21.0. The third kappa shape index (κ3) is 3.64. The molecule has 2 aromatic heterocycles. The fraction of sp³-hybridized carbons (Fsp3) is 0.227. The first kappa shape index (κ1) is 18.7. The normalized spacial score (nSPS) is 13.5. The van der Waals surface area contributed by atoms with Gasteiger partial charge in [0.1, 0.15) is 5.82 Å². The number of nitrogens with one attached hydrogen (secondary N) is 1. The highest BCUT2D eigenvalue weighted by Gasteiger charge is 2.29. The van der Waals surface area contributed by atoms with Crippen LogP contribution in [0.3, 0.4) is 0 Å². The first-order chi connectivity index (χ1) is 14.6. The molecule has 0 amide bonds. The van der Waals surface area contributed by atoms with Crippen LogP contribution in [0.4, 0.5) is 11.5 Å². The van der Waals surface area contributed by atoms with Crippen molar-refractivity contribution < 1.29 is 4.79 Å². The lowest BCUT2D eigenvalue weighted by atomic mass is 10.1. The number of hydrogen-bond acceptors (Lipinski definition) is 6. The molecule has 1 aliphatic carbocycles. The number of ketones is 1. The summed E-state index contributed by atoms with van der Waals surface area (Å²) >= 11 is 6.33. The Balaban J connectivity index is 1.54. The van der Waals surface area contributed by atoms with Crippen molar-refractivity contribution in [2.45, 2.75) is 32.2 Å². The molecular formula is C22H19ClN6O. The molecular weight excluding hydrogens is 400 g/mol. The second kappa shape index (κ2) is 7.50. The van der Waals surface area contributed by atoms with Crippen molar-refractivity contribution in [3.8, 4) is 0 Å². The van der Waals surface area contributed by atoms with E-state index in [4.69, 9.17) is 21.6 Å². The third-order valence-corrected chi connectivity index (χ3v) is 5.52. The molecule has 4 aromatic rings. The molecule has 0 saturated heterocycles. The monoisotopic (exact) mass is 418 g/mol. The number of anilines is 2.